The van der Waals surface area contributed by atoms with E-state index in [0.29, 0.717) is 23.3 Å². The van der Waals surface area contributed by atoms with E-state index < -0.39 is 5.97 Å². The maximum atomic E-state index is 12.6. The lowest BCUT2D eigenvalue weighted by Crippen LogP contribution is -2.49. The molecule has 1 aliphatic heterocycles. The molecule has 0 radical (unpaired) electrons. The number of nitrogens with zero attached hydrogens (tertiary/aromatic N) is 3. The van der Waals surface area contributed by atoms with Crippen molar-refractivity contribution < 1.29 is 19.1 Å². The molecule has 0 aliphatic carbocycles. The summed E-state index contributed by atoms with van der Waals surface area (Å²) in [6.45, 7) is 7.90. The van der Waals surface area contributed by atoms with Gasteiger partial charge in [-0.2, -0.15) is 0 Å². The number of esters is 1. The monoisotopic (exact) mass is 393 g/mol. The summed E-state index contributed by atoms with van der Waals surface area (Å²) in [5.74, 6) is -0.916. The van der Waals surface area contributed by atoms with Gasteiger partial charge in [-0.3, -0.25) is 19.0 Å². The molecule has 3 rings (SSSR count). The molecule has 2 atom stereocenters. The third kappa shape index (κ3) is 4.19. The van der Waals surface area contributed by atoms with Gasteiger partial charge in [0.2, 0.25) is 0 Å². The number of thiophene rings is 1. The Morgan fingerprint density at radius 3 is 2.63 bits per heavy atom. The van der Waals surface area contributed by atoms with Crippen LogP contribution in [0.15, 0.2) is 11.1 Å². The molecule has 8 nitrogen and oxygen atoms in total. The Bertz CT molecular complexity index is 925. The van der Waals surface area contributed by atoms with Crippen LogP contribution in [0, 0.1) is 13.8 Å². The number of aromatic nitrogens is 2. The number of morpholine rings is 1. The molecule has 0 bridgehead atoms. The van der Waals surface area contributed by atoms with Crippen LogP contribution >= 0.6 is 11.3 Å². The highest BCUT2D eigenvalue weighted by Gasteiger charge is 2.26. The molecule has 0 spiro atoms. The van der Waals surface area contributed by atoms with Crippen molar-refractivity contribution in [3.05, 3.63) is 27.1 Å². The largest absolute Gasteiger partial charge is 0.454 e. The minimum atomic E-state index is -0.648. The molecule has 0 N–H and O–H groups in total. The van der Waals surface area contributed by atoms with Gasteiger partial charge in [0.25, 0.3) is 11.5 Å². The lowest BCUT2D eigenvalue weighted by Gasteiger charge is -2.35. The Labute approximate surface area is 160 Å². The number of fused-ring (bicyclic) bond motifs is 1. The maximum Gasteiger partial charge on any atom is 0.326 e. The van der Waals surface area contributed by atoms with E-state index in [-0.39, 0.29) is 36.8 Å². The highest BCUT2D eigenvalue weighted by molar-refractivity contribution is 7.18. The van der Waals surface area contributed by atoms with Gasteiger partial charge in [0, 0.05) is 18.0 Å². The van der Waals surface area contributed by atoms with E-state index in [1.165, 1.54) is 22.2 Å². The average molecular weight is 393 g/mol. The van der Waals surface area contributed by atoms with Crippen LogP contribution in [0.2, 0.25) is 0 Å². The zero-order valence-corrected chi connectivity index (χ0v) is 16.7. The second-order valence-electron chi connectivity index (χ2n) is 6.86. The van der Waals surface area contributed by atoms with Gasteiger partial charge < -0.3 is 14.4 Å². The predicted octanol–water partition coefficient (Wildman–Crippen LogP) is 1.25. The van der Waals surface area contributed by atoms with E-state index in [2.05, 4.69) is 4.98 Å². The smallest absolute Gasteiger partial charge is 0.326 e. The van der Waals surface area contributed by atoms with E-state index in [1.54, 1.807) is 4.90 Å². The van der Waals surface area contributed by atoms with Crippen LogP contribution in [0.1, 0.15) is 24.3 Å². The fourth-order valence-corrected chi connectivity index (χ4v) is 4.17. The molecule has 1 fully saturated rings. The van der Waals surface area contributed by atoms with Crippen LogP contribution in [0.3, 0.4) is 0 Å². The summed E-state index contributed by atoms with van der Waals surface area (Å²) in [6.07, 6.45) is 1.23. The summed E-state index contributed by atoms with van der Waals surface area (Å²) < 4.78 is 11.9. The number of hydrogen-bond donors (Lipinski definition) is 0. The summed E-state index contributed by atoms with van der Waals surface area (Å²) in [7, 11) is 0. The van der Waals surface area contributed by atoms with Crippen molar-refractivity contribution in [3.63, 3.8) is 0 Å². The molecular weight excluding hydrogens is 370 g/mol. The van der Waals surface area contributed by atoms with Gasteiger partial charge in [0.15, 0.2) is 6.61 Å². The number of amides is 1. The highest BCUT2D eigenvalue weighted by Crippen LogP contribution is 2.25. The van der Waals surface area contributed by atoms with Crippen molar-refractivity contribution in [3.8, 4) is 0 Å². The van der Waals surface area contributed by atoms with Gasteiger partial charge >= 0.3 is 5.97 Å². The number of carbonyl (C=O) groups is 2. The molecule has 2 aromatic rings. The second kappa shape index (κ2) is 7.77. The summed E-state index contributed by atoms with van der Waals surface area (Å²) >= 11 is 1.45. The normalized spacial score (nSPS) is 20.1. The number of ether oxygens (including phenoxy) is 2. The minimum Gasteiger partial charge on any atom is -0.454 e. The van der Waals surface area contributed by atoms with E-state index >= 15 is 0 Å². The molecule has 1 amide bonds. The Kier molecular flexibility index (Phi) is 5.61. The van der Waals surface area contributed by atoms with Crippen LogP contribution in [0.4, 0.5) is 0 Å². The molecule has 9 heteroatoms. The van der Waals surface area contributed by atoms with Crippen LogP contribution < -0.4 is 5.56 Å². The molecule has 0 unspecified atom stereocenters. The Morgan fingerprint density at radius 1 is 1.30 bits per heavy atom. The molecule has 2 aromatic heterocycles. The van der Waals surface area contributed by atoms with E-state index in [9.17, 15) is 14.4 Å². The van der Waals surface area contributed by atoms with Crippen molar-refractivity contribution in [1.29, 1.82) is 0 Å². The Morgan fingerprint density at radius 2 is 1.96 bits per heavy atom. The molecule has 0 saturated carbocycles. The van der Waals surface area contributed by atoms with Crippen molar-refractivity contribution in [2.75, 3.05) is 19.7 Å². The highest BCUT2D eigenvalue weighted by atomic mass is 32.1. The Balaban J connectivity index is 1.62. The number of carbonyl (C=O) groups excluding carboxylic acids is 2. The van der Waals surface area contributed by atoms with Gasteiger partial charge in [-0.05, 0) is 33.3 Å². The number of aryl methyl sites for hydroxylation is 2. The third-order valence-corrected chi connectivity index (χ3v) is 5.70. The zero-order valence-electron chi connectivity index (χ0n) is 15.9. The molecule has 3 heterocycles. The fourth-order valence-electron chi connectivity index (χ4n) is 3.18. The van der Waals surface area contributed by atoms with E-state index in [0.717, 1.165) is 10.4 Å². The summed E-state index contributed by atoms with van der Waals surface area (Å²) in [6, 6.07) is 0. The molecule has 1 saturated heterocycles. The maximum absolute atomic E-state index is 12.6. The molecule has 0 aromatic carbocycles. The molecule has 146 valence electrons. The van der Waals surface area contributed by atoms with Gasteiger partial charge in [0.1, 0.15) is 11.4 Å². The Hall–Kier alpha value is -2.26. The summed E-state index contributed by atoms with van der Waals surface area (Å²) in [5, 5.41) is 0.528. The van der Waals surface area contributed by atoms with Crippen LogP contribution in [-0.2, 0) is 25.6 Å². The van der Waals surface area contributed by atoms with Crippen LogP contribution in [0.5, 0.6) is 0 Å². The standard InChI is InChI=1S/C18H23N3O5S/c1-10-5-20(6-11(2)26-10)14(22)8-25-15(23)7-21-9-19-17-16(18(21)24)12(3)13(4)27-17/h9-11H,5-8H2,1-4H3/t10-,11-/m1/s1. The van der Waals surface area contributed by atoms with Crippen molar-refractivity contribution >= 4 is 33.4 Å². The molecule has 27 heavy (non-hydrogen) atoms. The number of hydrogen-bond acceptors (Lipinski definition) is 7. The third-order valence-electron chi connectivity index (χ3n) is 4.58. The summed E-state index contributed by atoms with van der Waals surface area (Å²) in [5.41, 5.74) is 0.599. The lowest BCUT2D eigenvalue weighted by molar-refractivity contribution is -0.157. The first-order chi connectivity index (χ1) is 12.8. The van der Waals surface area contributed by atoms with E-state index in [4.69, 9.17) is 9.47 Å². The second-order valence-corrected chi connectivity index (χ2v) is 8.06. The summed E-state index contributed by atoms with van der Waals surface area (Å²) in [4.78, 5) is 44.5. The zero-order chi connectivity index (χ0) is 19.7. The predicted molar refractivity (Wildman–Crippen MR) is 101 cm³/mol. The number of rotatable bonds is 4. The van der Waals surface area contributed by atoms with Crippen LogP contribution in [0.25, 0.3) is 10.2 Å². The van der Waals surface area contributed by atoms with Crippen molar-refractivity contribution in [2.24, 2.45) is 0 Å². The SMILES string of the molecule is Cc1sc2ncn(CC(=O)OCC(=O)N3C[C@@H](C)O[C@H](C)C3)c(=O)c2c1C. The van der Waals surface area contributed by atoms with Gasteiger partial charge in [-0.1, -0.05) is 0 Å². The quantitative estimate of drug-likeness (QED) is 0.726. The topological polar surface area (TPSA) is 90.7 Å². The first-order valence-corrected chi connectivity index (χ1v) is 9.62. The first-order valence-electron chi connectivity index (χ1n) is 8.80. The average Bonchev–Trinajstić information content (AvgIpc) is 2.89. The molecule has 1 aliphatic rings. The fraction of sp³-hybridized carbons (Fsp3) is 0.556. The lowest BCUT2D eigenvalue weighted by atomic mass is 10.2. The van der Waals surface area contributed by atoms with Gasteiger partial charge in [0.05, 0.1) is 23.9 Å². The molecular formula is C18H23N3O5S. The van der Waals surface area contributed by atoms with Gasteiger partial charge in [-0.25, -0.2) is 4.98 Å². The minimum absolute atomic E-state index is 0.0536. The van der Waals surface area contributed by atoms with Crippen molar-refractivity contribution in [1.82, 2.24) is 14.5 Å². The first kappa shape index (κ1) is 19.5. The van der Waals surface area contributed by atoms with Crippen molar-refractivity contribution in [2.45, 2.75) is 46.4 Å². The van der Waals surface area contributed by atoms with E-state index in [1.807, 2.05) is 27.7 Å². The van der Waals surface area contributed by atoms with Gasteiger partial charge in [-0.15, -0.1) is 11.3 Å². The van der Waals surface area contributed by atoms with Crippen LogP contribution in [-0.4, -0.2) is 58.2 Å².